The van der Waals surface area contributed by atoms with Crippen molar-refractivity contribution in [2.45, 2.75) is 38.0 Å². The van der Waals surface area contributed by atoms with Crippen LogP contribution in [-0.4, -0.2) is 39.6 Å². The Morgan fingerprint density at radius 3 is 2.68 bits per heavy atom. The average molecular weight is 367 g/mol. The molecule has 0 bridgehead atoms. The van der Waals surface area contributed by atoms with E-state index >= 15 is 0 Å². The molecule has 2 unspecified atom stereocenters. The minimum absolute atomic E-state index is 0.125. The number of aliphatic hydroxyl groups is 1. The molecule has 0 radical (unpaired) electrons. The summed E-state index contributed by atoms with van der Waals surface area (Å²) in [7, 11) is 0. The molecule has 1 saturated heterocycles. The van der Waals surface area contributed by atoms with Crippen LogP contribution in [0.15, 0.2) is 29.8 Å². The van der Waals surface area contributed by atoms with Gasteiger partial charge in [0.05, 0.1) is 22.5 Å². The molecule has 3 atom stereocenters. The number of alkyl halides is 2. The van der Waals surface area contributed by atoms with E-state index in [0.717, 1.165) is 5.56 Å². The van der Waals surface area contributed by atoms with Crippen LogP contribution in [0.3, 0.4) is 0 Å². The lowest BCUT2D eigenvalue weighted by molar-refractivity contribution is -0.122. The molecular formula is C17H19F2N3O2S. The van der Waals surface area contributed by atoms with Crippen LogP contribution >= 0.6 is 11.3 Å². The Balaban J connectivity index is 1.82. The van der Waals surface area contributed by atoms with E-state index in [1.807, 2.05) is 24.0 Å². The Labute approximate surface area is 148 Å². The lowest BCUT2D eigenvalue weighted by atomic mass is 10.0. The standard InChI is InChI=1S/C17H19F2N3O2S/c1-9(22-7-12(23)6-13(22)17(20)24)10-2-4-11(5-3-10)15-14(16(18)19)21-8-25-15/h2-5,8-9,12-13,16,23H,6-7H2,1H3,(H2,20,24)/t9-,12?,13?/m0/s1. The lowest BCUT2D eigenvalue weighted by Gasteiger charge is -2.29. The van der Waals surface area contributed by atoms with Crippen LogP contribution in [0.2, 0.25) is 0 Å². The van der Waals surface area contributed by atoms with Crippen LogP contribution in [0.5, 0.6) is 0 Å². The minimum atomic E-state index is -2.61. The van der Waals surface area contributed by atoms with Gasteiger partial charge in [0.1, 0.15) is 5.69 Å². The third kappa shape index (κ3) is 3.56. The van der Waals surface area contributed by atoms with Gasteiger partial charge in [-0.2, -0.15) is 0 Å². The molecule has 1 aromatic heterocycles. The number of nitrogens with zero attached hydrogens (tertiary/aromatic N) is 2. The Morgan fingerprint density at radius 1 is 1.40 bits per heavy atom. The summed E-state index contributed by atoms with van der Waals surface area (Å²) >= 11 is 1.18. The number of halogens is 2. The van der Waals surface area contributed by atoms with Gasteiger partial charge in [-0.1, -0.05) is 24.3 Å². The van der Waals surface area contributed by atoms with Gasteiger partial charge in [0, 0.05) is 12.6 Å². The number of likely N-dealkylation sites (tertiary alicyclic amines) is 1. The first-order valence-corrected chi connectivity index (χ1v) is 8.81. The molecule has 2 aromatic rings. The number of primary amides is 1. The van der Waals surface area contributed by atoms with Crippen molar-refractivity contribution in [3.05, 3.63) is 41.0 Å². The summed E-state index contributed by atoms with van der Waals surface area (Å²) in [5, 5.41) is 9.84. The maximum atomic E-state index is 13.0. The van der Waals surface area contributed by atoms with E-state index in [1.165, 1.54) is 16.8 Å². The molecule has 1 amide bonds. The zero-order valence-corrected chi connectivity index (χ0v) is 14.4. The zero-order valence-electron chi connectivity index (χ0n) is 13.6. The normalized spacial score (nSPS) is 22.4. The summed E-state index contributed by atoms with van der Waals surface area (Å²) in [6.07, 6.45) is -2.86. The molecule has 1 aromatic carbocycles. The van der Waals surface area contributed by atoms with Crippen molar-refractivity contribution in [1.82, 2.24) is 9.88 Å². The van der Waals surface area contributed by atoms with Gasteiger partial charge in [-0.25, -0.2) is 13.8 Å². The highest BCUT2D eigenvalue weighted by Gasteiger charge is 2.37. The fraction of sp³-hybridized carbons (Fsp3) is 0.412. The van der Waals surface area contributed by atoms with E-state index in [-0.39, 0.29) is 11.7 Å². The van der Waals surface area contributed by atoms with E-state index in [1.54, 1.807) is 12.1 Å². The van der Waals surface area contributed by atoms with Crippen molar-refractivity contribution in [3.8, 4) is 10.4 Å². The number of thiazole rings is 1. The number of amides is 1. The van der Waals surface area contributed by atoms with E-state index < -0.39 is 24.5 Å². The van der Waals surface area contributed by atoms with Crippen LogP contribution in [0, 0.1) is 0 Å². The van der Waals surface area contributed by atoms with Gasteiger partial charge in [0.2, 0.25) is 5.91 Å². The summed E-state index contributed by atoms with van der Waals surface area (Å²) in [4.78, 5) is 17.7. The van der Waals surface area contributed by atoms with Gasteiger partial charge < -0.3 is 10.8 Å². The van der Waals surface area contributed by atoms with Gasteiger partial charge in [-0.05, 0) is 24.5 Å². The summed E-state index contributed by atoms with van der Waals surface area (Å²) in [5.74, 6) is -0.453. The average Bonchev–Trinajstić information content (AvgIpc) is 3.21. The maximum absolute atomic E-state index is 13.0. The first-order chi connectivity index (χ1) is 11.9. The monoisotopic (exact) mass is 367 g/mol. The summed E-state index contributed by atoms with van der Waals surface area (Å²) in [6, 6.07) is 6.61. The third-order valence-corrected chi connectivity index (χ3v) is 5.49. The van der Waals surface area contributed by atoms with Crippen molar-refractivity contribution in [3.63, 3.8) is 0 Å². The van der Waals surface area contributed by atoms with Crippen molar-refractivity contribution in [2.24, 2.45) is 5.73 Å². The lowest BCUT2D eigenvalue weighted by Crippen LogP contribution is -2.41. The number of nitrogens with two attached hydrogens (primary N) is 1. The van der Waals surface area contributed by atoms with Gasteiger partial charge >= 0.3 is 0 Å². The Kier molecular flexibility index (Phi) is 5.12. The molecule has 0 spiro atoms. The minimum Gasteiger partial charge on any atom is -0.392 e. The van der Waals surface area contributed by atoms with Gasteiger partial charge in [0.15, 0.2) is 0 Å². The van der Waals surface area contributed by atoms with Crippen LogP contribution in [-0.2, 0) is 4.79 Å². The second-order valence-electron chi connectivity index (χ2n) is 6.17. The molecule has 0 saturated carbocycles. The predicted octanol–water partition coefficient (Wildman–Crippen LogP) is 2.73. The number of β-amino-alcohol motifs (C(OH)–C–C–N with tert-alkyl or cyclic N) is 1. The maximum Gasteiger partial charge on any atom is 0.281 e. The smallest absolute Gasteiger partial charge is 0.281 e. The number of rotatable bonds is 5. The Hall–Kier alpha value is -1.90. The van der Waals surface area contributed by atoms with Crippen molar-refractivity contribution in [1.29, 1.82) is 0 Å². The Bertz CT molecular complexity index is 751. The highest BCUT2D eigenvalue weighted by atomic mass is 32.1. The topological polar surface area (TPSA) is 79.4 Å². The number of aromatic nitrogens is 1. The molecule has 3 rings (SSSR count). The van der Waals surface area contributed by atoms with Crippen LogP contribution in [0.1, 0.15) is 37.1 Å². The molecule has 1 fully saturated rings. The second kappa shape index (κ2) is 7.15. The Morgan fingerprint density at radius 2 is 2.08 bits per heavy atom. The number of carbonyl (C=O) groups excluding carboxylic acids is 1. The molecular weight excluding hydrogens is 348 g/mol. The first-order valence-electron chi connectivity index (χ1n) is 7.93. The number of aliphatic hydroxyl groups excluding tert-OH is 1. The van der Waals surface area contributed by atoms with Crippen molar-refractivity contribution >= 4 is 17.2 Å². The fourth-order valence-corrected chi connectivity index (χ4v) is 4.08. The first kappa shape index (κ1) is 17.9. The van der Waals surface area contributed by atoms with Crippen LogP contribution < -0.4 is 5.73 Å². The molecule has 0 aliphatic carbocycles. The largest absolute Gasteiger partial charge is 0.392 e. The van der Waals surface area contributed by atoms with E-state index in [4.69, 9.17) is 5.73 Å². The van der Waals surface area contributed by atoms with Crippen LogP contribution in [0.4, 0.5) is 8.78 Å². The predicted molar refractivity (Wildman–Crippen MR) is 91.2 cm³/mol. The molecule has 8 heteroatoms. The molecule has 134 valence electrons. The van der Waals surface area contributed by atoms with E-state index in [2.05, 4.69) is 4.98 Å². The van der Waals surface area contributed by atoms with Crippen LogP contribution in [0.25, 0.3) is 10.4 Å². The SMILES string of the molecule is C[C@@H](c1ccc(-c2scnc2C(F)F)cc1)N1CC(O)CC1C(N)=O. The van der Waals surface area contributed by atoms with Crippen molar-refractivity contribution < 1.29 is 18.7 Å². The number of hydrogen-bond donors (Lipinski definition) is 2. The summed E-state index contributed by atoms with van der Waals surface area (Å²) in [5.41, 5.74) is 8.24. The van der Waals surface area contributed by atoms with Crippen molar-refractivity contribution in [2.75, 3.05) is 6.54 Å². The van der Waals surface area contributed by atoms with Gasteiger partial charge in [0.25, 0.3) is 6.43 Å². The van der Waals surface area contributed by atoms with Gasteiger partial charge in [-0.3, -0.25) is 9.69 Å². The summed E-state index contributed by atoms with van der Waals surface area (Å²) < 4.78 is 26.0. The second-order valence-corrected chi connectivity index (χ2v) is 7.02. The highest BCUT2D eigenvalue weighted by Crippen LogP contribution is 2.35. The zero-order chi connectivity index (χ0) is 18.1. The number of carbonyl (C=O) groups is 1. The quantitative estimate of drug-likeness (QED) is 0.852. The molecule has 1 aliphatic rings. The number of benzene rings is 1. The molecule has 2 heterocycles. The molecule has 1 aliphatic heterocycles. The molecule has 5 nitrogen and oxygen atoms in total. The van der Waals surface area contributed by atoms with Gasteiger partial charge in [-0.15, -0.1) is 11.3 Å². The fourth-order valence-electron chi connectivity index (χ4n) is 3.28. The highest BCUT2D eigenvalue weighted by molar-refractivity contribution is 7.13. The third-order valence-electron chi connectivity index (χ3n) is 4.60. The molecule has 3 N–H and O–H groups in total. The van der Waals surface area contributed by atoms with E-state index in [9.17, 15) is 18.7 Å². The number of hydrogen-bond acceptors (Lipinski definition) is 5. The van der Waals surface area contributed by atoms with E-state index in [0.29, 0.717) is 23.4 Å². The summed E-state index contributed by atoms with van der Waals surface area (Å²) in [6.45, 7) is 2.31. The molecule has 25 heavy (non-hydrogen) atoms.